The van der Waals surface area contributed by atoms with Gasteiger partial charge in [0.25, 0.3) is 0 Å². The molecule has 2 aromatic rings. The lowest BCUT2D eigenvalue weighted by Gasteiger charge is -2.08. The molecule has 0 spiro atoms. The van der Waals surface area contributed by atoms with Crippen molar-refractivity contribution < 1.29 is 19.1 Å². The summed E-state index contributed by atoms with van der Waals surface area (Å²) in [7, 11) is 0. The number of carboxylic acid groups (broad SMARTS) is 1. The van der Waals surface area contributed by atoms with Gasteiger partial charge in [0.2, 0.25) is 5.91 Å². The SMILES string of the molecule is CC(=O)Nc1ccc(NCc2cc(C(=O)O)co2)cc1Cl. The molecule has 0 aliphatic heterocycles. The quantitative estimate of drug-likeness (QED) is 0.789. The Bertz CT molecular complexity index is 681. The van der Waals surface area contributed by atoms with Crippen molar-refractivity contribution in [3.63, 3.8) is 0 Å². The standard InChI is InChI=1S/C14H13ClN2O4/c1-8(18)17-13-3-2-10(5-12(13)15)16-6-11-4-9(7-21-11)14(19)20/h2-5,7,16H,6H2,1H3,(H,17,18)(H,19,20). The first-order valence-electron chi connectivity index (χ1n) is 6.07. The number of carboxylic acids is 1. The van der Waals surface area contributed by atoms with Gasteiger partial charge >= 0.3 is 5.97 Å². The second-order valence-corrected chi connectivity index (χ2v) is 4.74. The number of amides is 1. The number of aromatic carboxylic acids is 1. The minimum absolute atomic E-state index is 0.103. The van der Waals surface area contributed by atoms with Crippen LogP contribution < -0.4 is 10.6 Å². The number of benzene rings is 1. The van der Waals surface area contributed by atoms with Crippen LogP contribution >= 0.6 is 11.6 Å². The molecule has 0 atom stereocenters. The topological polar surface area (TPSA) is 91.6 Å². The van der Waals surface area contributed by atoms with Crippen LogP contribution in [0.1, 0.15) is 23.0 Å². The molecule has 7 heteroatoms. The number of anilines is 2. The van der Waals surface area contributed by atoms with Gasteiger partial charge in [0.15, 0.2) is 0 Å². The molecule has 1 aromatic heterocycles. The highest BCUT2D eigenvalue weighted by Gasteiger charge is 2.08. The summed E-state index contributed by atoms with van der Waals surface area (Å²) in [6.45, 7) is 1.72. The number of nitrogens with one attached hydrogen (secondary N) is 2. The summed E-state index contributed by atoms with van der Waals surface area (Å²) >= 11 is 6.05. The highest BCUT2D eigenvalue weighted by Crippen LogP contribution is 2.25. The van der Waals surface area contributed by atoms with Crippen molar-refractivity contribution in [2.24, 2.45) is 0 Å². The van der Waals surface area contributed by atoms with Crippen LogP contribution in [-0.4, -0.2) is 17.0 Å². The molecule has 0 bridgehead atoms. The van der Waals surface area contributed by atoms with E-state index >= 15 is 0 Å². The maximum absolute atomic E-state index is 11.0. The van der Waals surface area contributed by atoms with Gasteiger partial charge in [-0.1, -0.05) is 11.6 Å². The summed E-state index contributed by atoms with van der Waals surface area (Å²) in [5.41, 5.74) is 1.36. The minimum atomic E-state index is -1.03. The van der Waals surface area contributed by atoms with E-state index in [0.717, 1.165) is 5.69 Å². The summed E-state index contributed by atoms with van der Waals surface area (Å²) < 4.78 is 5.12. The van der Waals surface area contributed by atoms with Gasteiger partial charge in [0.05, 0.1) is 22.8 Å². The Balaban J connectivity index is 2.01. The van der Waals surface area contributed by atoms with Gasteiger partial charge in [-0.25, -0.2) is 4.79 Å². The maximum Gasteiger partial charge on any atom is 0.338 e. The predicted octanol–water partition coefficient (Wildman–Crippen LogP) is 3.20. The number of carbonyl (C=O) groups is 2. The van der Waals surface area contributed by atoms with Crippen LogP contribution in [0.15, 0.2) is 34.9 Å². The molecule has 0 aliphatic rings. The molecule has 0 saturated heterocycles. The maximum atomic E-state index is 11.0. The van der Waals surface area contributed by atoms with Crippen molar-refractivity contribution in [3.05, 3.63) is 46.9 Å². The molecule has 0 radical (unpaired) electrons. The number of carbonyl (C=O) groups excluding carboxylic acids is 1. The van der Waals surface area contributed by atoms with E-state index in [1.807, 2.05) is 0 Å². The van der Waals surface area contributed by atoms with Crippen molar-refractivity contribution in [2.45, 2.75) is 13.5 Å². The molecular formula is C14H13ClN2O4. The average molecular weight is 309 g/mol. The number of halogens is 1. The summed E-state index contributed by atoms with van der Waals surface area (Å²) in [4.78, 5) is 21.7. The second-order valence-electron chi connectivity index (χ2n) is 4.34. The smallest absolute Gasteiger partial charge is 0.338 e. The van der Waals surface area contributed by atoms with Crippen LogP contribution in [0.2, 0.25) is 5.02 Å². The minimum Gasteiger partial charge on any atom is -0.478 e. The van der Waals surface area contributed by atoms with Crippen molar-refractivity contribution >= 4 is 34.9 Å². The summed E-state index contributed by atoms with van der Waals surface area (Å²) in [5.74, 6) is -0.739. The predicted molar refractivity (Wildman–Crippen MR) is 78.7 cm³/mol. The summed E-state index contributed by atoms with van der Waals surface area (Å²) in [6, 6.07) is 6.53. The molecule has 3 N–H and O–H groups in total. The molecule has 0 saturated carbocycles. The summed E-state index contributed by atoms with van der Waals surface area (Å²) in [5, 5.41) is 14.9. The average Bonchev–Trinajstić information content (AvgIpc) is 2.88. The van der Waals surface area contributed by atoms with Crippen LogP contribution in [0.5, 0.6) is 0 Å². The van der Waals surface area contributed by atoms with Gasteiger partial charge in [-0.05, 0) is 24.3 Å². The molecule has 110 valence electrons. The Morgan fingerprint density at radius 2 is 2.10 bits per heavy atom. The van der Waals surface area contributed by atoms with Crippen LogP contribution in [-0.2, 0) is 11.3 Å². The first kappa shape index (κ1) is 14.9. The van der Waals surface area contributed by atoms with E-state index in [4.69, 9.17) is 21.1 Å². The molecule has 1 heterocycles. The zero-order chi connectivity index (χ0) is 15.4. The Morgan fingerprint density at radius 1 is 1.33 bits per heavy atom. The Labute approximate surface area is 125 Å². The fourth-order valence-electron chi connectivity index (χ4n) is 1.69. The van der Waals surface area contributed by atoms with Crippen LogP contribution in [0.4, 0.5) is 11.4 Å². The van der Waals surface area contributed by atoms with E-state index in [9.17, 15) is 9.59 Å². The molecule has 0 fully saturated rings. The van der Waals surface area contributed by atoms with Crippen LogP contribution in [0.25, 0.3) is 0 Å². The Morgan fingerprint density at radius 3 is 2.67 bits per heavy atom. The zero-order valence-corrected chi connectivity index (χ0v) is 11.9. The van der Waals surface area contributed by atoms with Gasteiger partial charge < -0.3 is 20.2 Å². The molecule has 1 aromatic carbocycles. The number of hydrogen-bond donors (Lipinski definition) is 3. The van der Waals surface area contributed by atoms with E-state index in [2.05, 4.69) is 10.6 Å². The first-order valence-corrected chi connectivity index (χ1v) is 6.45. The molecule has 0 unspecified atom stereocenters. The van der Waals surface area contributed by atoms with E-state index in [0.29, 0.717) is 23.0 Å². The van der Waals surface area contributed by atoms with Crippen molar-refractivity contribution in [3.8, 4) is 0 Å². The highest BCUT2D eigenvalue weighted by atomic mass is 35.5. The Kier molecular flexibility index (Phi) is 4.49. The third kappa shape index (κ3) is 4.00. The van der Waals surface area contributed by atoms with Crippen LogP contribution in [0, 0.1) is 0 Å². The van der Waals surface area contributed by atoms with Gasteiger partial charge in [-0.3, -0.25) is 4.79 Å². The molecule has 6 nitrogen and oxygen atoms in total. The van der Waals surface area contributed by atoms with E-state index < -0.39 is 5.97 Å². The monoisotopic (exact) mass is 308 g/mol. The first-order chi connectivity index (χ1) is 9.95. The number of rotatable bonds is 5. The molecule has 1 amide bonds. The van der Waals surface area contributed by atoms with Crippen molar-refractivity contribution in [2.75, 3.05) is 10.6 Å². The van der Waals surface area contributed by atoms with Crippen molar-refractivity contribution in [1.82, 2.24) is 0 Å². The molecule has 2 rings (SSSR count). The van der Waals surface area contributed by atoms with Gasteiger partial charge in [-0.15, -0.1) is 0 Å². The third-order valence-electron chi connectivity index (χ3n) is 2.65. The van der Waals surface area contributed by atoms with Gasteiger partial charge in [0, 0.05) is 12.6 Å². The van der Waals surface area contributed by atoms with E-state index in [1.165, 1.54) is 19.3 Å². The van der Waals surface area contributed by atoms with Crippen molar-refractivity contribution in [1.29, 1.82) is 0 Å². The van der Waals surface area contributed by atoms with Gasteiger partial charge in [0.1, 0.15) is 12.0 Å². The number of hydrogen-bond acceptors (Lipinski definition) is 4. The Hall–Kier alpha value is -2.47. The van der Waals surface area contributed by atoms with Crippen LogP contribution in [0.3, 0.4) is 0 Å². The largest absolute Gasteiger partial charge is 0.478 e. The fraction of sp³-hybridized carbons (Fsp3) is 0.143. The number of furan rings is 1. The summed E-state index contributed by atoms with van der Waals surface area (Å²) in [6.07, 6.45) is 1.19. The molecule has 21 heavy (non-hydrogen) atoms. The second kappa shape index (κ2) is 6.32. The lowest BCUT2D eigenvalue weighted by Crippen LogP contribution is -2.06. The fourth-order valence-corrected chi connectivity index (χ4v) is 1.92. The lowest BCUT2D eigenvalue weighted by molar-refractivity contribution is -0.114. The van der Waals surface area contributed by atoms with Gasteiger partial charge in [-0.2, -0.15) is 0 Å². The van der Waals surface area contributed by atoms with E-state index in [-0.39, 0.29) is 11.5 Å². The normalized spacial score (nSPS) is 10.2. The molecule has 0 aliphatic carbocycles. The zero-order valence-electron chi connectivity index (χ0n) is 11.1. The highest BCUT2D eigenvalue weighted by molar-refractivity contribution is 6.34. The van der Waals surface area contributed by atoms with E-state index in [1.54, 1.807) is 18.2 Å². The molecular weight excluding hydrogens is 296 g/mol. The lowest BCUT2D eigenvalue weighted by atomic mass is 10.2. The third-order valence-corrected chi connectivity index (χ3v) is 2.96.